The third-order valence-corrected chi connectivity index (χ3v) is 8.21. The fourth-order valence-electron chi connectivity index (χ4n) is 5.31. The molecule has 0 unspecified atom stereocenters. The molecule has 0 aliphatic heterocycles. The quantitative estimate of drug-likeness (QED) is 0.0615. The van der Waals surface area contributed by atoms with Crippen molar-refractivity contribution in [2.24, 2.45) is 0 Å². The molecule has 1 aromatic heterocycles. The molecule has 0 aliphatic carbocycles. The van der Waals surface area contributed by atoms with E-state index in [0.717, 1.165) is 31.2 Å². The summed E-state index contributed by atoms with van der Waals surface area (Å²) < 4.78 is 11.8. The lowest BCUT2D eigenvalue weighted by Gasteiger charge is -2.10. The number of aliphatic hydroxyl groups excluding tert-OH is 1. The van der Waals surface area contributed by atoms with E-state index in [0.29, 0.717) is 25.0 Å². The molecule has 0 aromatic carbocycles. The van der Waals surface area contributed by atoms with E-state index in [1.807, 2.05) is 12.1 Å². The van der Waals surface area contributed by atoms with Crippen molar-refractivity contribution < 1.29 is 14.6 Å². The lowest BCUT2D eigenvalue weighted by Crippen LogP contribution is -2.04. The Balaban J connectivity index is 2.02. The topological polar surface area (TPSA) is 51.6 Å². The number of aliphatic hydroxyl groups is 1. The first-order chi connectivity index (χ1) is 22.8. The van der Waals surface area contributed by atoms with Crippen molar-refractivity contribution in [2.75, 3.05) is 13.2 Å². The van der Waals surface area contributed by atoms with E-state index in [9.17, 15) is 5.11 Å². The van der Waals surface area contributed by atoms with Crippen molar-refractivity contribution in [3.8, 4) is 11.8 Å². The third kappa shape index (κ3) is 27.9. The van der Waals surface area contributed by atoms with E-state index >= 15 is 0 Å². The Morgan fingerprint density at radius 1 is 0.478 bits per heavy atom. The zero-order valence-corrected chi connectivity index (χ0v) is 30.1. The van der Waals surface area contributed by atoms with E-state index in [2.05, 4.69) is 67.4 Å². The van der Waals surface area contributed by atoms with Crippen molar-refractivity contribution in [3.05, 3.63) is 66.3 Å². The molecule has 0 saturated heterocycles. The van der Waals surface area contributed by atoms with Crippen molar-refractivity contribution in [1.29, 1.82) is 0 Å². The predicted molar refractivity (Wildman–Crippen MR) is 200 cm³/mol. The van der Waals surface area contributed by atoms with Gasteiger partial charge in [0.25, 0.3) is 0 Å². The third-order valence-electron chi connectivity index (χ3n) is 8.21. The maximum absolute atomic E-state index is 9.67. The van der Waals surface area contributed by atoms with Gasteiger partial charge in [0, 0.05) is 12.1 Å². The van der Waals surface area contributed by atoms with Crippen LogP contribution in [-0.2, 0) is 6.61 Å². The van der Waals surface area contributed by atoms with Gasteiger partial charge in [-0.25, -0.2) is 0 Å². The van der Waals surface area contributed by atoms with Crippen LogP contribution in [0, 0.1) is 0 Å². The number of aromatic nitrogens is 1. The Labute approximate surface area is 284 Å². The van der Waals surface area contributed by atoms with Gasteiger partial charge in [0.05, 0.1) is 19.8 Å². The summed E-state index contributed by atoms with van der Waals surface area (Å²) in [5.74, 6) is 1.11. The molecular weight excluding hydrogens is 566 g/mol. The minimum Gasteiger partial charge on any atom is -0.478 e. The van der Waals surface area contributed by atoms with Crippen molar-refractivity contribution in [2.45, 2.75) is 175 Å². The monoisotopic (exact) mass is 638 g/mol. The molecule has 1 rings (SSSR count). The molecular formula is C42H71NO3. The molecule has 0 spiro atoms. The van der Waals surface area contributed by atoms with Crippen LogP contribution < -0.4 is 9.47 Å². The second-order valence-corrected chi connectivity index (χ2v) is 12.7. The summed E-state index contributed by atoms with van der Waals surface area (Å²) in [5, 5.41) is 9.67. The normalized spacial score (nSPS) is 12.1. The number of allylic oxidation sites excluding steroid dienone is 8. The Bertz CT molecular complexity index is 836. The molecule has 4 heteroatoms. The molecule has 0 saturated carbocycles. The Kier molecular flexibility index (Phi) is 30.8. The molecule has 4 nitrogen and oxygen atoms in total. The summed E-state index contributed by atoms with van der Waals surface area (Å²) in [6, 6.07) is 3.65. The van der Waals surface area contributed by atoms with Gasteiger partial charge < -0.3 is 14.6 Å². The zero-order chi connectivity index (χ0) is 33.0. The number of hydrogen-bond acceptors (Lipinski definition) is 4. The van der Waals surface area contributed by atoms with Crippen LogP contribution in [0.5, 0.6) is 11.8 Å². The van der Waals surface area contributed by atoms with Gasteiger partial charge in [-0.3, -0.25) is 0 Å². The lowest BCUT2D eigenvalue weighted by molar-refractivity contribution is 0.259. The molecule has 46 heavy (non-hydrogen) atoms. The molecule has 0 bridgehead atoms. The van der Waals surface area contributed by atoms with Gasteiger partial charge in [0.15, 0.2) is 0 Å². The van der Waals surface area contributed by atoms with Crippen LogP contribution in [-0.4, -0.2) is 23.3 Å². The van der Waals surface area contributed by atoms with Crippen LogP contribution in [0.2, 0.25) is 0 Å². The highest BCUT2D eigenvalue weighted by molar-refractivity contribution is 5.28. The molecule has 1 aromatic rings. The van der Waals surface area contributed by atoms with Crippen molar-refractivity contribution in [3.63, 3.8) is 0 Å². The van der Waals surface area contributed by atoms with E-state index in [1.165, 1.54) is 128 Å². The molecule has 0 aliphatic rings. The number of unbranched alkanes of at least 4 members (excludes halogenated alkanes) is 18. The number of hydrogen-bond donors (Lipinski definition) is 1. The Morgan fingerprint density at radius 3 is 1.20 bits per heavy atom. The summed E-state index contributed by atoms with van der Waals surface area (Å²) in [6.45, 7) is 5.78. The van der Waals surface area contributed by atoms with Crippen LogP contribution in [0.4, 0.5) is 0 Å². The van der Waals surface area contributed by atoms with Crippen LogP contribution in [0.3, 0.4) is 0 Å². The maximum atomic E-state index is 9.67. The second kappa shape index (κ2) is 34.0. The van der Waals surface area contributed by atoms with Gasteiger partial charge >= 0.3 is 0 Å². The van der Waals surface area contributed by atoms with Gasteiger partial charge in [-0.05, 0) is 82.6 Å². The Hall–Kier alpha value is -2.33. The molecule has 0 amide bonds. The lowest BCUT2D eigenvalue weighted by atomic mass is 10.1. The zero-order valence-electron chi connectivity index (χ0n) is 30.1. The van der Waals surface area contributed by atoms with Crippen molar-refractivity contribution >= 4 is 0 Å². The van der Waals surface area contributed by atoms with Crippen molar-refractivity contribution in [1.82, 2.24) is 4.98 Å². The number of ether oxygens (including phenoxy) is 2. The van der Waals surface area contributed by atoms with E-state index < -0.39 is 0 Å². The molecule has 1 N–H and O–H groups in total. The summed E-state index contributed by atoms with van der Waals surface area (Å²) >= 11 is 0. The SMILES string of the molecule is CCCCCC=CCC=CCCCCCCCCOc1cc(CO)cc(OCCCCCCCCC=CCC=CCCCCC)n1. The van der Waals surface area contributed by atoms with Crippen LogP contribution in [0.1, 0.15) is 174 Å². The summed E-state index contributed by atoms with van der Waals surface area (Å²) in [5.41, 5.74) is 0.786. The first-order valence-corrected chi connectivity index (χ1v) is 19.3. The highest BCUT2D eigenvalue weighted by Gasteiger charge is 2.05. The summed E-state index contributed by atoms with van der Waals surface area (Å²) in [4.78, 5) is 4.53. The second-order valence-electron chi connectivity index (χ2n) is 12.7. The highest BCUT2D eigenvalue weighted by Crippen LogP contribution is 2.19. The minimum absolute atomic E-state index is 0.0366. The first-order valence-electron chi connectivity index (χ1n) is 19.3. The first kappa shape index (κ1) is 41.7. The van der Waals surface area contributed by atoms with Gasteiger partial charge in [-0.15, -0.1) is 0 Å². The Morgan fingerprint density at radius 2 is 0.826 bits per heavy atom. The molecule has 0 fully saturated rings. The standard InChI is InChI=1S/C42H71NO3/c1-3-5-7-9-11-13-15-17-19-21-23-25-27-29-31-33-35-45-41-37-40(39-44)38-42(43-41)46-36-34-32-30-28-26-24-22-20-18-16-14-12-10-8-6-4-2/h11-14,17-20,37-38,44H,3-10,15-16,21-36,39H2,1-2H3. The summed E-state index contributed by atoms with van der Waals surface area (Å²) in [6.07, 6.45) is 48.1. The van der Waals surface area contributed by atoms with E-state index in [4.69, 9.17) is 9.47 Å². The molecule has 0 atom stereocenters. The minimum atomic E-state index is -0.0366. The van der Waals surface area contributed by atoms with E-state index in [-0.39, 0.29) is 6.61 Å². The largest absolute Gasteiger partial charge is 0.478 e. The summed E-state index contributed by atoms with van der Waals surface area (Å²) in [7, 11) is 0. The van der Waals surface area contributed by atoms with Gasteiger partial charge in [-0.1, -0.05) is 140 Å². The molecule has 1 heterocycles. The van der Waals surface area contributed by atoms with Gasteiger partial charge in [0.2, 0.25) is 11.8 Å². The van der Waals surface area contributed by atoms with Crippen LogP contribution in [0.15, 0.2) is 60.7 Å². The fourth-order valence-corrected chi connectivity index (χ4v) is 5.31. The highest BCUT2D eigenvalue weighted by atomic mass is 16.5. The smallest absolute Gasteiger partial charge is 0.216 e. The van der Waals surface area contributed by atoms with E-state index in [1.54, 1.807) is 0 Å². The van der Waals surface area contributed by atoms with Gasteiger partial charge in [-0.2, -0.15) is 4.98 Å². The maximum Gasteiger partial charge on any atom is 0.216 e. The number of rotatable bonds is 33. The number of nitrogens with zero attached hydrogens (tertiary/aromatic N) is 1. The van der Waals surface area contributed by atoms with Crippen LogP contribution in [0.25, 0.3) is 0 Å². The fraction of sp³-hybridized carbons (Fsp3) is 0.690. The predicted octanol–water partition coefficient (Wildman–Crippen LogP) is 13.0. The van der Waals surface area contributed by atoms with Crippen LogP contribution >= 0.6 is 0 Å². The molecule has 0 radical (unpaired) electrons. The average Bonchev–Trinajstić information content (AvgIpc) is 3.07. The van der Waals surface area contributed by atoms with Gasteiger partial charge in [0.1, 0.15) is 0 Å². The average molecular weight is 638 g/mol. The molecule has 262 valence electrons. The number of pyridine rings is 1.